The summed E-state index contributed by atoms with van der Waals surface area (Å²) < 4.78 is 77.1. The molecular weight excluding hydrogens is 430 g/mol. The smallest absolute Gasteiger partial charge is 0.416 e. The number of rotatable bonds is 4. The van der Waals surface area contributed by atoms with Gasteiger partial charge in [0.15, 0.2) is 0 Å². The van der Waals surface area contributed by atoms with Crippen LogP contribution in [0.4, 0.5) is 26.3 Å². The molecule has 1 atom stereocenters. The number of alkyl halides is 6. The number of phenolic OH excluding ortho intramolecular Hbond substituents is 1. The predicted molar refractivity (Wildman–Crippen MR) is 95.8 cm³/mol. The van der Waals surface area contributed by atoms with Gasteiger partial charge in [0.1, 0.15) is 5.75 Å². The Morgan fingerprint density at radius 2 is 1.68 bits per heavy atom. The van der Waals surface area contributed by atoms with Crippen LogP contribution in [0.25, 0.3) is 0 Å². The van der Waals surface area contributed by atoms with Crippen LogP contribution < -0.4 is 5.32 Å². The number of hydrogen-bond donors (Lipinski definition) is 2. The molecule has 3 rings (SSSR count). The van der Waals surface area contributed by atoms with Gasteiger partial charge < -0.3 is 15.3 Å². The van der Waals surface area contributed by atoms with Crippen LogP contribution in [-0.4, -0.2) is 34.4 Å². The molecule has 2 aromatic rings. The van der Waals surface area contributed by atoms with E-state index in [4.69, 9.17) is 0 Å². The second kappa shape index (κ2) is 8.12. The second-order valence-electron chi connectivity index (χ2n) is 7.08. The molecule has 0 aliphatic carbocycles. The summed E-state index contributed by atoms with van der Waals surface area (Å²) in [5.74, 6) is -2.09. The number of nitrogens with one attached hydrogen (secondary N) is 1. The minimum absolute atomic E-state index is 0.0411. The number of benzene rings is 2. The van der Waals surface area contributed by atoms with Crippen molar-refractivity contribution in [2.24, 2.45) is 0 Å². The zero-order valence-corrected chi connectivity index (χ0v) is 15.7. The maximum absolute atomic E-state index is 12.8. The van der Waals surface area contributed by atoms with Crippen molar-refractivity contribution in [3.8, 4) is 5.75 Å². The van der Waals surface area contributed by atoms with Gasteiger partial charge in [-0.2, -0.15) is 26.3 Å². The fourth-order valence-electron chi connectivity index (χ4n) is 3.25. The molecule has 0 aromatic heterocycles. The van der Waals surface area contributed by atoms with Crippen LogP contribution in [0, 0.1) is 0 Å². The normalized spacial score (nSPS) is 17.2. The SMILES string of the molecule is O=C(NC1CC(=O)N(Cc2cccc(C(F)(F)F)c2)C1)c1cc(C(F)(F)F)ccc1O. The largest absolute Gasteiger partial charge is 0.507 e. The van der Waals surface area contributed by atoms with Crippen LogP contribution in [0.3, 0.4) is 0 Å². The highest BCUT2D eigenvalue weighted by atomic mass is 19.4. The summed E-state index contributed by atoms with van der Waals surface area (Å²) in [6.45, 7) is -0.162. The highest BCUT2D eigenvalue weighted by Crippen LogP contribution is 2.32. The molecule has 1 heterocycles. The van der Waals surface area contributed by atoms with Crippen molar-refractivity contribution >= 4 is 11.8 Å². The first-order chi connectivity index (χ1) is 14.3. The lowest BCUT2D eigenvalue weighted by molar-refractivity contribution is -0.138. The molecule has 2 amide bonds. The number of likely N-dealkylation sites (tertiary alicyclic amines) is 1. The second-order valence-corrected chi connectivity index (χ2v) is 7.08. The van der Waals surface area contributed by atoms with E-state index in [1.807, 2.05) is 0 Å². The van der Waals surface area contributed by atoms with Gasteiger partial charge in [0.05, 0.1) is 22.7 Å². The first-order valence-corrected chi connectivity index (χ1v) is 8.99. The third-order valence-corrected chi connectivity index (χ3v) is 4.75. The monoisotopic (exact) mass is 446 g/mol. The lowest BCUT2D eigenvalue weighted by atomic mass is 10.1. The van der Waals surface area contributed by atoms with Crippen molar-refractivity contribution in [3.05, 3.63) is 64.7 Å². The molecule has 1 fully saturated rings. The topological polar surface area (TPSA) is 69.6 Å². The van der Waals surface area contributed by atoms with Gasteiger partial charge in [-0.15, -0.1) is 0 Å². The number of aromatic hydroxyl groups is 1. The molecule has 0 saturated carbocycles. The van der Waals surface area contributed by atoms with Crippen molar-refractivity contribution in [1.29, 1.82) is 0 Å². The highest BCUT2D eigenvalue weighted by Gasteiger charge is 2.35. The number of phenols is 1. The van der Waals surface area contributed by atoms with Crippen LogP contribution in [0.5, 0.6) is 5.75 Å². The van der Waals surface area contributed by atoms with E-state index in [0.717, 1.165) is 18.2 Å². The van der Waals surface area contributed by atoms with Gasteiger partial charge in [-0.1, -0.05) is 12.1 Å². The molecule has 1 aliphatic heterocycles. The molecule has 1 unspecified atom stereocenters. The molecule has 166 valence electrons. The van der Waals surface area contributed by atoms with Gasteiger partial charge >= 0.3 is 12.4 Å². The first kappa shape index (κ1) is 22.4. The standard InChI is InChI=1S/C20H16F6N2O3/c21-19(22,23)12-3-1-2-11(6-12)9-28-10-14(8-17(28)30)27-18(31)15-7-13(20(24,25)26)4-5-16(15)29/h1-7,14,29H,8-10H2,(H,27,31). The Hall–Kier alpha value is -3.24. The summed E-state index contributed by atoms with van der Waals surface area (Å²) >= 11 is 0. The fraction of sp³-hybridized carbons (Fsp3) is 0.300. The van der Waals surface area contributed by atoms with E-state index in [2.05, 4.69) is 5.32 Å². The zero-order valence-electron chi connectivity index (χ0n) is 15.7. The number of carbonyl (C=O) groups is 2. The van der Waals surface area contributed by atoms with Gasteiger partial charge in [0.2, 0.25) is 5.91 Å². The molecule has 31 heavy (non-hydrogen) atoms. The molecule has 2 aromatic carbocycles. The fourth-order valence-corrected chi connectivity index (χ4v) is 3.25. The molecule has 1 saturated heterocycles. The summed E-state index contributed by atoms with van der Waals surface area (Å²) in [6, 6.07) is 5.56. The molecule has 1 aliphatic rings. The molecule has 0 radical (unpaired) electrons. The van der Waals surface area contributed by atoms with E-state index in [0.29, 0.717) is 12.1 Å². The van der Waals surface area contributed by atoms with Crippen molar-refractivity contribution in [3.63, 3.8) is 0 Å². The summed E-state index contributed by atoms with van der Waals surface area (Å²) in [6.07, 6.45) is -9.42. The Balaban J connectivity index is 1.68. The molecule has 0 bridgehead atoms. The Kier molecular flexibility index (Phi) is 5.88. The Bertz CT molecular complexity index is 1000. The summed E-state index contributed by atoms with van der Waals surface area (Å²) in [5.41, 5.74) is -2.34. The molecule has 2 N–H and O–H groups in total. The summed E-state index contributed by atoms with van der Waals surface area (Å²) in [4.78, 5) is 25.8. The molecule has 11 heteroatoms. The number of amides is 2. The van der Waals surface area contributed by atoms with Crippen LogP contribution in [-0.2, 0) is 23.7 Å². The first-order valence-electron chi connectivity index (χ1n) is 8.99. The highest BCUT2D eigenvalue weighted by molar-refractivity contribution is 5.97. The molecule has 5 nitrogen and oxygen atoms in total. The average Bonchev–Trinajstić information content (AvgIpc) is 2.99. The Morgan fingerprint density at radius 3 is 2.32 bits per heavy atom. The maximum atomic E-state index is 12.8. The van der Waals surface area contributed by atoms with E-state index >= 15 is 0 Å². The third-order valence-electron chi connectivity index (χ3n) is 4.75. The van der Waals surface area contributed by atoms with Crippen LogP contribution >= 0.6 is 0 Å². The maximum Gasteiger partial charge on any atom is 0.416 e. The number of nitrogens with zero attached hydrogens (tertiary/aromatic N) is 1. The predicted octanol–water partition coefficient (Wildman–Crippen LogP) is 3.96. The zero-order chi connectivity index (χ0) is 23.0. The number of carbonyl (C=O) groups excluding carboxylic acids is 2. The van der Waals surface area contributed by atoms with Crippen LogP contribution in [0.1, 0.15) is 33.5 Å². The van der Waals surface area contributed by atoms with E-state index < -0.39 is 52.6 Å². The van der Waals surface area contributed by atoms with Crippen molar-refractivity contribution in [2.75, 3.05) is 6.54 Å². The van der Waals surface area contributed by atoms with Crippen molar-refractivity contribution in [2.45, 2.75) is 31.4 Å². The minimum atomic E-state index is -4.71. The lowest BCUT2D eigenvalue weighted by Gasteiger charge is -2.18. The van der Waals surface area contributed by atoms with Crippen LogP contribution in [0.15, 0.2) is 42.5 Å². The quantitative estimate of drug-likeness (QED) is 0.699. The summed E-state index contributed by atoms with van der Waals surface area (Å²) in [7, 11) is 0. The minimum Gasteiger partial charge on any atom is -0.507 e. The van der Waals surface area contributed by atoms with Crippen LogP contribution in [0.2, 0.25) is 0 Å². The van der Waals surface area contributed by atoms with Gasteiger partial charge in [0, 0.05) is 19.5 Å². The Labute approximate surface area is 172 Å². The van der Waals surface area contributed by atoms with E-state index in [9.17, 15) is 41.0 Å². The van der Waals surface area contributed by atoms with Crippen molar-refractivity contribution in [1.82, 2.24) is 10.2 Å². The van der Waals surface area contributed by atoms with Gasteiger partial charge in [-0.25, -0.2) is 0 Å². The Morgan fingerprint density at radius 1 is 1.03 bits per heavy atom. The van der Waals surface area contributed by atoms with E-state index in [-0.39, 0.29) is 25.1 Å². The van der Waals surface area contributed by atoms with Gasteiger partial charge in [-0.3, -0.25) is 9.59 Å². The molecule has 0 spiro atoms. The third kappa shape index (κ3) is 5.28. The van der Waals surface area contributed by atoms with Gasteiger partial charge in [-0.05, 0) is 35.9 Å². The average molecular weight is 446 g/mol. The van der Waals surface area contributed by atoms with Gasteiger partial charge in [0.25, 0.3) is 5.91 Å². The number of halogens is 6. The number of hydrogen-bond acceptors (Lipinski definition) is 3. The van der Waals surface area contributed by atoms with E-state index in [1.165, 1.54) is 17.0 Å². The lowest BCUT2D eigenvalue weighted by Crippen LogP contribution is -2.37. The molecular formula is C20H16F6N2O3. The van der Waals surface area contributed by atoms with E-state index in [1.54, 1.807) is 0 Å². The summed E-state index contributed by atoms with van der Waals surface area (Å²) in [5, 5.41) is 12.1. The van der Waals surface area contributed by atoms with Crippen molar-refractivity contribution < 1.29 is 41.0 Å².